The van der Waals surface area contributed by atoms with Gasteiger partial charge in [-0.15, -0.1) is 0 Å². The summed E-state index contributed by atoms with van der Waals surface area (Å²) in [5.74, 6) is 1.02. The Morgan fingerprint density at radius 3 is 2.95 bits per heavy atom. The Hall–Kier alpha value is -1.47. The lowest BCUT2D eigenvalue weighted by Crippen LogP contribution is -2.27. The number of hydrogen-bond acceptors (Lipinski definition) is 4. The van der Waals surface area contributed by atoms with E-state index in [9.17, 15) is 4.79 Å². The highest BCUT2D eigenvalue weighted by molar-refractivity contribution is 9.10. The molecule has 0 aromatic carbocycles. The van der Waals surface area contributed by atoms with Crippen molar-refractivity contribution in [3.8, 4) is 0 Å². The van der Waals surface area contributed by atoms with Crippen LogP contribution < -0.4 is 0 Å². The van der Waals surface area contributed by atoms with E-state index in [4.69, 9.17) is 11.6 Å². The maximum Gasteiger partial charge on any atom is 0.257 e. The fourth-order valence-electron chi connectivity index (χ4n) is 1.52. The highest BCUT2D eigenvalue weighted by atomic mass is 79.9. The molecule has 0 saturated heterocycles. The van der Waals surface area contributed by atoms with Gasteiger partial charge >= 0.3 is 0 Å². The minimum atomic E-state index is -0.235. The van der Waals surface area contributed by atoms with Gasteiger partial charge in [-0.3, -0.25) is 9.89 Å². The van der Waals surface area contributed by atoms with Crippen molar-refractivity contribution in [2.45, 2.75) is 13.5 Å². The number of aromatic nitrogens is 4. The van der Waals surface area contributed by atoms with Gasteiger partial charge in [-0.1, -0.05) is 11.6 Å². The van der Waals surface area contributed by atoms with Crippen molar-refractivity contribution in [3.63, 3.8) is 0 Å². The van der Waals surface area contributed by atoms with Crippen LogP contribution in [0.1, 0.15) is 22.0 Å². The van der Waals surface area contributed by atoms with Gasteiger partial charge in [-0.2, -0.15) is 5.10 Å². The fourth-order valence-corrected chi connectivity index (χ4v) is 2.04. The molecular weight excluding hydrogens is 334 g/mol. The third kappa shape index (κ3) is 3.30. The third-order valence-corrected chi connectivity index (χ3v) is 3.14. The zero-order valence-electron chi connectivity index (χ0n) is 10.3. The van der Waals surface area contributed by atoms with Crippen molar-refractivity contribution in [2.24, 2.45) is 0 Å². The summed E-state index contributed by atoms with van der Waals surface area (Å²) in [4.78, 5) is 21.8. The maximum atomic E-state index is 12.2. The van der Waals surface area contributed by atoms with E-state index in [-0.39, 0.29) is 11.1 Å². The monoisotopic (exact) mass is 343 g/mol. The van der Waals surface area contributed by atoms with Crippen LogP contribution in [0.15, 0.2) is 16.7 Å². The summed E-state index contributed by atoms with van der Waals surface area (Å²) in [6.07, 6.45) is 1.54. The van der Waals surface area contributed by atoms with E-state index in [1.807, 2.05) is 0 Å². The molecular formula is C11H11BrClN5O. The van der Waals surface area contributed by atoms with Gasteiger partial charge in [-0.05, 0) is 28.9 Å². The highest BCUT2D eigenvalue weighted by Crippen LogP contribution is 2.19. The molecule has 6 nitrogen and oxygen atoms in total. The third-order valence-electron chi connectivity index (χ3n) is 2.40. The van der Waals surface area contributed by atoms with Gasteiger partial charge in [-0.25, -0.2) is 9.97 Å². The molecule has 0 saturated carbocycles. The lowest BCUT2D eigenvalue weighted by Gasteiger charge is -2.15. The summed E-state index contributed by atoms with van der Waals surface area (Å²) >= 11 is 9.19. The molecule has 0 atom stereocenters. The molecule has 0 aliphatic rings. The minimum Gasteiger partial charge on any atom is -0.334 e. The average Bonchev–Trinajstić information content (AvgIpc) is 2.77. The van der Waals surface area contributed by atoms with Gasteiger partial charge in [0.15, 0.2) is 5.82 Å². The smallest absolute Gasteiger partial charge is 0.257 e. The van der Waals surface area contributed by atoms with Crippen LogP contribution in [-0.2, 0) is 6.54 Å². The molecule has 2 aromatic rings. The number of nitrogens with one attached hydrogen (secondary N) is 1. The Morgan fingerprint density at radius 2 is 2.32 bits per heavy atom. The molecule has 0 spiro atoms. The SMILES string of the molecule is Cc1nc(CN(C)C(=O)c2cc(Br)cnc2Cl)n[nH]1. The topological polar surface area (TPSA) is 74.8 Å². The minimum absolute atomic E-state index is 0.172. The van der Waals surface area contributed by atoms with Crippen LogP contribution in [0.3, 0.4) is 0 Å². The van der Waals surface area contributed by atoms with Crippen molar-refractivity contribution in [1.82, 2.24) is 25.1 Å². The Balaban J connectivity index is 2.16. The second kappa shape index (κ2) is 5.66. The Labute approximate surface area is 123 Å². The van der Waals surface area contributed by atoms with Crippen LogP contribution in [-0.4, -0.2) is 38.0 Å². The van der Waals surface area contributed by atoms with E-state index in [0.717, 1.165) is 0 Å². The Bertz CT molecular complexity index is 615. The number of rotatable bonds is 3. The molecule has 2 rings (SSSR count). The Morgan fingerprint density at radius 1 is 1.58 bits per heavy atom. The number of aryl methyl sites for hydroxylation is 1. The zero-order valence-corrected chi connectivity index (χ0v) is 12.7. The molecule has 0 aliphatic heterocycles. The number of nitrogens with zero attached hydrogens (tertiary/aromatic N) is 4. The quantitative estimate of drug-likeness (QED) is 0.866. The van der Waals surface area contributed by atoms with Gasteiger partial charge < -0.3 is 4.90 Å². The first kappa shape index (κ1) is 14.0. The number of carbonyl (C=O) groups is 1. The first-order chi connectivity index (χ1) is 8.97. The van der Waals surface area contributed by atoms with Gasteiger partial charge in [0.2, 0.25) is 0 Å². The summed E-state index contributed by atoms with van der Waals surface area (Å²) in [6.45, 7) is 2.10. The summed E-state index contributed by atoms with van der Waals surface area (Å²) in [6, 6.07) is 1.64. The van der Waals surface area contributed by atoms with Crippen molar-refractivity contribution in [1.29, 1.82) is 0 Å². The number of hydrogen-bond donors (Lipinski definition) is 1. The van der Waals surface area contributed by atoms with Gasteiger partial charge in [0.1, 0.15) is 11.0 Å². The van der Waals surface area contributed by atoms with Gasteiger partial charge in [0.25, 0.3) is 5.91 Å². The Kier molecular flexibility index (Phi) is 4.16. The van der Waals surface area contributed by atoms with Crippen LogP contribution in [0, 0.1) is 6.92 Å². The van der Waals surface area contributed by atoms with Crippen molar-refractivity contribution in [2.75, 3.05) is 7.05 Å². The second-order valence-electron chi connectivity index (χ2n) is 3.99. The van der Waals surface area contributed by atoms with Crippen LogP contribution in [0.2, 0.25) is 5.15 Å². The summed E-state index contributed by atoms with van der Waals surface area (Å²) in [5, 5.41) is 6.88. The molecule has 19 heavy (non-hydrogen) atoms. The predicted molar refractivity (Wildman–Crippen MR) is 73.9 cm³/mol. The summed E-state index contributed by atoms with van der Waals surface area (Å²) in [5.41, 5.74) is 0.339. The van der Waals surface area contributed by atoms with E-state index in [0.29, 0.717) is 28.2 Å². The molecule has 2 heterocycles. The molecule has 0 bridgehead atoms. The molecule has 2 aromatic heterocycles. The van der Waals surface area contributed by atoms with Crippen molar-refractivity contribution < 1.29 is 4.79 Å². The van der Waals surface area contributed by atoms with Crippen LogP contribution in [0.4, 0.5) is 0 Å². The molecule has 0 fully saturated rings. The van der Waals surface area contributed by atoms with Crippen molar-refractivity contribution in [3.05, 3.63) is 39.1 Å². The largest absolute Gasteiger partial charge is 0.334 e. The van der Waals surface area contributed by atoms with E-state index in [1.54, 1.807) is 20.0 Å². The molecule has 8 heteroatoms. The van der Waals surface area contributed by atoms with Crippen LogP contribution in [0.25, 0.3) is 0 Å². The van der Waals surface area contributed by atoms with Crippen LogP contribution >= 0.6 is 27.5 Å². The number of amides is 1. The lowest BCUT2D eigenvalue weighted by atomic mass is 10.2. The standard InChI is InChI=1S/C11H11BrClN5O/c1-6-15-9(17-16-6)5-18(2)11(19)8-3-7(12)4-14-10(8)13/h3-4H,5H2,1-2H3,(H,15,16,17). The molecule has 1 N–H and O–H groups in total. The van der Waals surface area contributed by atoms with Crippen LogP contribution in [0.5, 0.6) is 0 Å². The molecule has 1 amide bonds. The van der Waals surface area contributed by atoms with E-state index >= 15 is 0 Å². The molecule has 0 aliphatic carbocycles. The summed E-state index contributed by atoms with van der Waals surface area (Å²) < 4.78 is 0.697. The first-order valence-corrected chi connectivity index (χ1v) is 6.59. The summed E-state index contributed by atoms with van der Waals surface area (Å²) in [7, 11) is 1.66. The van der Waals surface area contributed by atoms with E-state index in [2.05, 4.69) is 36.1 Å². The number of carbonyl (C=O) groups excluding carboxylic acids is 1. The normalized spacial score (nSPS) is 10.5. The average molecular weight is 345 g/mol. The zero-order chi connectivity index (χ0) is 14.0. The predicted octanol–water partition coefficient (Wildman–Crippen LogP) is 2.20. The molecule has 0 radical (unpaired) electrons. The lowest BCUT2D eigenvalue weighted by molar-refractivity contribution is 0.0781. The molecule has 0 unspecified atom stereocenters. The number of aromatic amines is 1. The number of halogens is 2. The first-order valence-electron chi connectivity index (χ1n) is 5.41. The number of pyridine rings is 1. The highest BCUT2D eigenvalue weighted by Gasteiger charge is 2.18. The fraction of sp³-hybridized carbons (Fsp3) is 0.273. The molecule has 100 valence electrons. The van der Waals surface area contributed by atoms with E-state index < -0.39 is 0 Å². The van der Waals surface area contributed by atoms with Gasteiger partial charge in [0, 0.05) is 17.7 Å². The maximum absolute atomic E-state index is 12.2. The number of H-pyrrole nitrogens is 1. The van der Waals surface area contributed by atoms with Crippen molar-refractivity contribution >= 4 is 33.4 Å². The second-order valence-corrected chi connectivity index (χ2v) is 5.26. The van der Waals surface area contributed by atoms with Gasteiger partial charge in [0.05, 0.1) is 12.1 Å². The van der Waals surface area contributed by atoms with E-state index in [1.165, 1.54) is 11.1 Å².